The van der Waals surface area contributed by atoms with E-state index in [9.17, 15) is 5.11 Å². The zero-order valence-electron chi connectivity index (χ0n) is 9.63. The summed E-state index contributed by atoms with van der Waals surface area (Å²) in [5.74, 6) is 0. The summed E-state index contributed by atoms with van der Waals surface area (Å²) in [7, 11) is 1.91. The lowest BCUT2D eigenvalue weighted by molar-refractivity contribution is 0.142. The van der Waals surface area contributed by atoms with Crippen LogP contribution in [-0.4, -0.2) is 41.9 Å². The lowest BCUT2D eigenvalue weighted by Crippen LogP contribution is -2.24. The number of likely N-dealkylation sites (N-methyl/N-ethyl adjacent to an activating group) is 1. The Morgan fingerprint density at radius 2 is 2.00 bits per heavy atom. The van der Waals surface area contributed by atoms with Gasteiger partial charge in [-0.3, -0.25) is 0 Å². The molecule has 0 radical (unpaired) electrons. The molecule has 1 atom stereocenters. The standard InChI is InChI=1S/C12H20N2O2/c1-14(8-9-15)7-6-12(16)10-4-2-3-5-11(10)13/h2-5,12,15-16H,6-9,13H2,1H3. The van der Waals surface area contributed by atoms with Gasteiger partial charge in [0.25, 0.3) is 0 Å². The third-order valence-corrected chi connectivity index (χ3v) is 2.62. The molecule has 0 heterocycles. The molecule has 4 nitrogen and oxygen atoms in total. The van der Waals surface area contributed by atoms with Crippen LogP contribution in [0.25, 0.3) is 0 Å². The molecular weight excluding hydrogens is 204 g/mol. The number of nitrogens with zero attached hydrogens (tertiary/aromatic N) is 1. The number of aliphatic hydroxyl groups is 2. The van der Waals surface area contributed by atoms with Crippen molar-refractivity contribution in [2.24, 2.45) is 0 Å². The van der Waals surface area contributed by atoms with Gasteiger partial charge in [0.05, 0.1) is 12.7 Å². The number of hydrogen-bond donors (Lipinski definition) is 3. The van der Waals surface area contributed by atoms with E-state index in [1.54, 1.807) is 6.07 Å². The maximum absolute atomic E-state index is 9.95. The Kier molecular flexibility index (Phi) is 5.25. The fourth-order valence-corrected chi connectivity index (χ4v) is 1.60. The molecule has 0 aliphatic carbocycles. The molecule has 0 aliphatic rings. The summed E-state index contributed by atoms with van der Waals surface area (Å²) in [6.07, 6.45) is 0.0763. The number of nitrogen functional groups attached to an aromatic ring is 1. The Morgan fingerprint density at radius 3 is 2.62 bits per heavy atom. The number of para-hydroxylation sites is 1. The van der Waals surface area contributed by atoms with E-state index < -0.39 is 6.10 Å². The van der Waals surface area contributed by atoms with Gasteiger partial charge in [-0.15, -0.1) is 0 Å². The third kappa shape index (κ3) is 3.81. The maximum atomic E-state index is 9.95. The van der Waals surface area contributed by atoms with E-state index in [1.807, 2.05) is 30.1 Å². The molecule has 0 amide bonds. The van der Waals surface area contributed by atoms with Crippen molar-refractivity contribution in [3.05, 3.63) is 29.8 Å². The van der Waals surface area contributed by atoms with Crippen LogP contribution in [-0.2, 0) is 0 Å². The Bertz CT molecular complexity index is 318. The van der Waals surface area contributed by atoms with E-state index in [4.69, 9.17) is 10.8 Å². The van der Waals surface area contributed by atoms with Crippen molar-refractivity contribution in [1.82, 2.24) is 4.90 Å². The molecule has 0 spiro atoms. The van der Waals surface area contributed by atoms with Crippen molar-refractivity contribution >= 4 is 5.69 Å². The van der Waals surface area contributed by atoms with Crippen LogP contribution in [0.15, 0.2) is 24.3 Å². The van der Waals surface area contributed by atoms with Gasteiger partial charge in [0.2, 0.25) is 0 Å². The molecule has 1 aromatic rings. The lowest BCUT2D eigenvalue weighted by Gasteiger charge is -2.18. The van der Waals surface area contributed by atoms with E-state index >= 15 is 0 Å². The molecule has 1 rings (SSSR count). The number of aliphatic hydroxyl groups excluding tert-OH is 2. The Labute approximate surface area is 96.3 Å². The second-order valence-corrected chi connectivity index (χ2v) is 3.96. The summed E-state index contributed by atoms with van der Waals surface area (Å²) in [5.41, 5.74) is 7.18. The van der Waals surface area contributed by atoms with E-state index in [0.717, 1.165) is 12.1 Å². The second kappa shape index (κ2) is 6.48. The summed E-state index contributed by atoms with van der Waals surface area (Å²) in [5, 5.41) is 18.7. The van der Waals surface area contributed by atoms with Gasteiger partial charge in [-0.2, -0.15) is 0 Å². The van der Waals surface area contributed by atoms with Crippen molar-refractivity contribution in [2.45, 2.75) is 12.5 Å². The summed E-state index contributed by atoms with van der Waals surface area (Å²) >= 11 is 0. The van der Waals surface area contributed by atoms with Crippen LogP contribution in [0.1, 0.15) is 18.1 Å². The number of hydrogen-bond acceptors (Lipinski definition) is 4. The summed E-state index contributed by atoms with van der Waals surface area (Å²) < 4.78 is 0. The molecule has 4 N–H and O–H groups in total. The van der Waals surface area contributed by atoms with Gasteiger partial charge >= 0.3 is 0 Å². The van der Waals surface area contributed by atoms with Crippen molar-refractivity contribution in [3.8, 4) is 0 Å². The Balaban J connectivity index is 2.46. The first-order valence-corrected chi connectivity index (χ1v) is 5.47. The predicted octanol–water partition coefficient (Wildman–Crippen LogP) is 0.616. The maximum Gasteiger partial charge on any atom is 0.0822 e. The minimum absolute atomic E-state index is 0.139. The SMILES string of the molecule is CN(CCO)CCC(O)c1ccccc1N. The molecule has 1 aromatic carbocycles. The van der Waals surface area contributed by atoms with Gasteiger partial charge in [0.1, 0.15) is 0 Å². The van der Waals surface area contributed by atoms with Gasteiger partial charge in [-0.05, 0) is 19.5 Å². The number of nitrogens with two attached hydrogens (primary N) is 1. The van der Waals surface area contributed by atoms with E-state index in [1.165, 1.54) is 0 Å². The monoisotopic (exact) mass is 224 g/mol. The van der Waals surface area contributed by atoms with Gasteiger partial charge in [0.15, 0.2) is 0 Å². The molecule has 4 heteroatoms. The molecule has 90 valence electrons. The Hall–Kier alpha value is -1.10. The van der Waals surface area contributed by atoms with Gasteiger partial charge in [-0.1, -0.05) is 18.2 Å². The topological polar surface area (TPSA) is 69.7 Å². The van der Waals surface area contributed by atoms with Gasteiger partial charge < -0.3 is 20.8 Å². The minimum Gasteiger partial charge on any atom is -0.398 e. The first-order valence-electron chi connectivity index (χ1n) is 5.47. The number of anilines is 1. The average Bonchev–Trinajstić information content (AvgIpc) is 2.27. The summed E-state index contributed by atoms with van der Waals surface area (Å²) in [4.78, 5) is 1.97. The van der Waals surface area contributed by atoms with Crippen LogP contribution in [0.2, 0.25) is 0 Å². The molecule has 16 heavy (non-hydrogen) atoms. The highest BCUT2D eigenvalue weighted by Crippen LogP contribution is 2.22. The van der Waals surface area contributed by atoms with Crippen LogP contribution in [0.5, 0.6) is 0 Å². The highest BCUT2D eigenvalue weighted by atomic mass is 16.3. The molecular formula is C12H20N2O2. The molecule has 0 saturated heterocycles. The summed E-state index contributed by atoms with van der Waals surface area (Å²) in [6, 6.07) is 7.35. The van der Waals surface area contributed by atoms with Gasteiger partial charge in [-0.25, -0.2) is 0 Å². The first-order chi connectivity index (χ1) is 7.65. The predicted molar refractivity (Wildman–Crippen MR) is 65.0 cm³/mol. The zero-order chi connectivity index (χ0) is 12.0. The smallest absolute Gasteiger partial charge is 0.0822 e. The fourth-order valence-electron chi connectivity index (χ4n) is 1.60. The normalized spacial score (nSPS) is 13.0. The van der Waals surface area contributed by atoms with Crippen LogP contribution < -0.4 is 5.73 Å². The number of benzene rings is 1. The minimum atomic E-state index is -0.539. The number of rotatable bonds is 6. The molecule has 0 bridgehead atoms. The van der Waals surface area contributed by atoms with Crippen LogP contribution in [0, 0.1) is 0 Å². The second-order valence-electron chi connectivity index (χ2n) is 3.96. The zero-order valence-corrected chi connectivity index (χ0v) is 9.63. The van der Waals surface area contributed by atoms with Crippen molar-refractivity contribution in [3.63, 3.8) is 0 Å². The van der Waals surface area contributed by atoms with Gasteiger partial charge in [0, 0.05) is 24.3 Å². The van der Waals surface area contributed by atoms with Crippen molar-refractivity contribution < 1.29 is 10.2 Å². The largest absolute Gasteiger partial charge is 0.398 e. The molecule has 0 aliphatic heterocycles. The third-order valence-electron chi connectivity index (χ3n) is 2.62. The van der Waals surface area contributed by atoms with E-state index in [-0.39, 0.29) is 6.61 Å². The molecule has 1 unspecified atom stereocenters. The highest BCUT2D eigenvalue weighted by Gasteiger charge is 2.11. The summed E-state index contributed by atoms with van der Waals surface area (Å²) in [6.45, 7) is 1.49. The van der Waals surface area contributed by atoms with Crippen molar-refractivity contribution in [2.75, 3.05) is 32.5 Å². The molecule has 0 fully saturated rings. The molecule has 0 saturated carbocycles. The van der Waals surface area contributed by atoms with Crippen molar-refractivity contribution in [1.29, 1.82) is 0 Å². The van der Waals surface area contributed by atoms with Crippen LogP contribution in [0.4, 0.5) is 5.69 Å². The lowest BCUT2D eigenvalue weighted by atomic mass is 10.0. The van der Waals surface area contributed by atoms with Crippen LogP contribution in [0.3, 0.4) is 0 Å². The average molecular weight is 224 g/mol. The first kappa shape index (κ1) is 13.0. The van der Waals surface area contributed by atoms with Crippen LogP contribution >= 0.6 is 0 Å². The van der Waals surface area contributed by atoms with E-state index in [2.05, 4.69) is 0 Å². The molecule has 0 aromatic heterocycles. The quantitative estimate of drug-likeness (QED) is 0.619. The van der Waals surface area contributed by atoms with E-state index in [0.29, 0.717) is 18.7 Å². The highest BCUT2D eigenvalue weighted by molar-refractivity contribution is 5.47. The Morgan fingerprint density at radius 1 is 1.31 bits per heavy atom. The fraction of sp³-hybridized carbons (Fsp3) is 0.500.